The molecule has 114 valence electrons. The van der Waals surface area contributed by atoms with Gasteiger partial charge in [0.15, 0.2) is 6.61 Å². The number of nitrogens with one attached hydrogen (secondary N) is 2. The van der Waals surface area contributed by atoms with Gasteiger partial charge in [-0.15, -0.1) is 11.3 Å². The van der Waals surface area contributed by atoms with Gasteiger partial charge in [0, 0.05) is 6.04 Å². The number of carbonyl (C=O) groups excluding carboxylic acids is 3. The molecule has 3 amide bonds. The summed E-state index contributed by atoms with van der Waals surface area (Å²) in [6.45, 7) is -0.463. The lowest BCUT2D eigenvalue weighted by atomic mass is 9.96. The van der Waals surface area contributed by atoms with Crippen molar-refractivity contribution in [2.75, 3.05) is 6.61 Å². The van der Waals surface area contributed by atoms with Crippen molar-refractivity contribution >= 4 is 29.2 Å². The predicted molar refractivity (Wildman–Crippen MR) is 78.1 cm³/mol. The highest BCUT2D eigenvalue weighted by Crippen LogP contribution is 2.17. The lowest BCUT2D eigenvalue weighted by Gasteiger charge is -2.22. The van der Waals surface area contributed by atoms with E-state index in [2.05, 4.69) is 10.6 Å². The largest absolute Gasteiger partial charge is 0.451 e. The van der Waals surface area contributed by atoms with E-state index in [4.69, 9.17) is 4.74 Å². The van der Waals surface area contributed by atoms with Crippen molar-refractivity contribution in [1.82, 2.24) is 10.6 Å². The fourth-order valence-corrected chi connectivity index (χ4v) is 2.84. The van der Waals surface area contributed by atoms with E-state index in [0.717, 1.165) is 25.7 Å². The summed E-state index contributed by atoms with van der Waals surface area (Å²) in [5.41, 5.74) is 0. The molecule has 6 nitrogen and oxygen atoms in total. The third-order valence-electron chi connectivity index (χ3n) is 3.25. The van der Waals surface area contributed by atoms with E-state index in [-0.39, 0.29) is 6.04 Å². The number of ether oxygens (including phenoxy) is 1. The van der Waals surface area contributed by atoms with Crippen molar-refractivity contribution in [2.24, 2.45) is 0 Å². The van der Waals surface area contributed by atoms with Crippen molar-refractivity contribution < 1.29 is 19.1 Å². The number of hydrogen-bond donors (Lipinski definition) is 2. The number of thiophene rings is 1. The molecule has 2 N–H and O–H groups in total. The zero-order valence-electron chi connectivity index (χ0n) is 11.6. The molecule has 1 aromatic rings. The molecule has 1 fully saturated rings. The summed E-state index contributed by atoms with van der Waals surface area (Å²) in [5, 5.41) is 6.67. The van der Waals surface area contributed by atoms with Crippen molar-refractivity contribution in [3.63, 3.8) is 0 Å². The maximum absolute atomic E-state index is 11.6. The standard InChI is InChI=1S/C14H18N2O4S/c17-12(9-20-13(18)11-7-4-8-21-11)16-14(19)15-10-5-2-1-3-6-10/h4,7-8,10H,1-3,5-6,9H2,(H2,15,16,17,19). The first kappa shape index (κ1) is 15.5. The molecule has 0 saturated heterocycles. The Bertz CT molecular complexity index is 495. The maximum Gasteiger partial charge on any atom is 0.348 e. The van der Waals surface area contributed by atoms with Crippen LogP contribution in [0.4, 0.5) is 4.79 Å². The fourth-order valence-electron chi connectivity index (χ4n) is 2.23. The zero-order chi connectivity index (χ0) is 15.1. The second-order valence-corrected chi connectivity index (χ2v) is 5.86. The van der Waals surface area contributed by atoms with Crippen molar-refractivity contribution in [3.05, 3.63) is 22.4 Å². The third-order valence-corrected chi connectivity index (χ3v) is 4.10. The molecule has 0 spiro atoms. The number of esters is 1. The Morgan fingerprint density at radius 3 is 2.67 bits per heavy atom. The van der Waals surface area contributed by atoms with E-state index >= 15 is 0 Å². The zero-order valence-corrected chi connectivity index (χ0v) is 12.4. The van der Waals surface area contributed by atoms with Crippen LogP contribution in [0, 0.1) is 0 Å². The van der Waals surface area contributed by atoms with Crippen molar-refractivity contribution in [3.8, 4) is 0 Å². The fraction of sp³-hybridized carbons (Fsp3) is 0.500. The molecule has 0 atom stereocenters. The Labute approximate surface area is 126 Å². The van der Waals surface area contributed by atoms with E-state index in [1.165, 1.54) is 17.8 Å². The van der Waals surface area contributed by atoms with Crippen LogP contribution in [-0.4, -0.2) is 30.6 Å². The summed E-state index contributed by atoms with van der Waals surface area (Å²) in [4.78, 5) is 35.1. The van der Waals surface area contributed by atoms with Gasteiger partial charge in [-0.3, -0.25) is 10.1 Å². The summed E-state index contributed by atoms with van der Waals surface area (Å²) >= 11 is 1.23. The Balaban J connectivity index is 1.66. The number of carbonyl (C=O) groups is 3. The SMILES string of the molecule is O=C(COC(=O)c1cccs1)NC(=O)NC1CCCCC1. The number of rotatable bonds is 4. The summed E-state index contributed by atoms with van der Waals surface area (Å²) in [6.07, 6.45) is 5.26. The van der Waals surface area contributed by atoms with E-state index in [0.29, 0.717) is 4.88 Å². The van der Waals surface area contributed by atoms with Crippen LogP contribution in [-0.2, 0) is 9.53 Å². The van der Waals surface area contributed by atoms with Gasteiger partial charge in [0.25, 0.3) is 5.91 Å². The number of hydrogen-bond acceptors (Lipinski definition) is 5. The van der Waals surface area contributed by atoms with Crippen molar-refractivity contribution in [1.29, 1.82) is 0 Å². The Hall–Kier alpha value is -1.89. The minimum absolute atomic E-state index is 0.125. The van der Waals surface area contributed by atoms with Crippen LogP contribution in [0.15, 0.2) is 17.5 Å². The van der Waals surface area contributed by atoms with Crippen LogP contribution >= 0.6 is 11.3 Å². The molecule has 0 unspecified atom stereocenters. The lowest BCUT2D eigenvalue weighted by Crippen LogP contribution is -2.46. The van der Waals surface area contributed by atoms with Crippen molar-refractivity contribution in [2.45, 2.75) is 38.1 Å². The molecule has 2 rings (SSSR count). The van der Waals surface area contributed by atoms with Crippen LogP contribution in [0.3, 0.4) is 0 Å². The molecule has 1 aliphatic rings. The van der Waals surface area contributed by atoms with Gasteiger partial charge in [-0.1, -0.05) is 25.3 Å². The summed E-state index contributed by atoms with van der Waals surface area (Å²) < 4.78 is 4.82. The molecule has 21 heavy (non-hydrogen) atoms. The first-order valence-electron chi connectivity index (χ1n) is 6.96. The molecule has 1 saturated carbocycles. The van der Waals surface area contributed by atoms with Crippen LogP contribution in [0.5, 0.6) is 0 Å². The minimum Gasteiger partial charge on any atom is -0.451 e. The van der Waals surface area contributed by atoms with E-state index in [9.17, 15) is 14.4 Å². The predicted octanol–water partition coefficient (Wildman–Crippen LogP) is 2.06. The van der Waals surface area contributed by atoms with Crippen LogP contribution in [0.1, 0.15) is 41.8 Å². The van der Waals surface area contributed by atoms with Crippen LogP contribution < -0.4 is 10.6 Å². The van der Waals surface area contributed by atoms with Gasteiger partial charge in [-0.2, -0.15) is 0 Å². The third kappa shape index (κ3) is 5.18. The highest BCUT2D eigenvalue weighted by molar-refractivity contribution is 7.11. The van der Waals surface area contributed by atoms with Gasteiger partial charge in [0.1, 0.15) is 4.88 Å². The highest BCUT2D eigenvalue weighted by atomic mass is 32.1. The normalized spacial score (nSPS) is 15.2. The van der Waals surface area contributed by atoms with Gasteiger partial charge in [-0.25, -0.2) is 9.59 Å². The number of amides is 3. The average molecular weight is 310 g/mol. The minimum atomic E-state index is -0.631. The molecule has 1 heterocycles. The molecule has 0 aromatic carbocycles. The van der Waals surface area contributed by atoms with Crippen LogP contribution in [0.25, 0.3) is 0 Å². The topological polar surface area (TPSA) is 84.5 Å². The second kappa shape index (κ2) is 7.78. The van der Waals surface area contributed by atoms with E-state index < -0.39 is 24.5 Å². The molecular formula is C14H18N2O4S. The van der Waals surface area contributed by atoms with E-state index in [1.807, 2.05) is 0 Å². The first-order chi connectivity index (χ1) is 10.1. The molecular weight excluding hydrogens is 292 g/mol. The molecule has 0 aliphatic heterocycles. The molecule has 1 aromatic heterocycles. The smallest absolute Gasteiger partial charge is 0.348 e. The van der Waals surface area contributed by atoms with E-state index in [1.54, 1.807) is 17.5 Å². The monoisotopic (exact) mass is 310 g/mol. The highest BCUT2D eigenvalue weighted by Gasteiger charge is 2.17. The van der Waals surface area contributed by atoms with Gasteiger partial charge >= 0.3 is 12.0 Å². The summed E-state index contributed by atoms with van der Waals surface area (Å²) in [7, 11) is 0. The lowest BCUT2D eigenvalue weighted by molar-refractivity contribution is -0.123. The molecule has 1 aliphatic carbocycles. The molecule has 7 heteroatoms. The summed E-state index contributed by atoms with van der Waals surface area (Å²) in [6, 6.07) is 2.93. The Morgan fingerprint density at radius 1 is 1.24 bits per heavy atom. The Kier molecular flexibility index (Phi) is 5.74. The van der Waals surface area contributed by atoms with Gasteiger partial charge in [-0.05, 0) is 24.3 Å². The van der Waals surface area contributed by atoms with Gasteiger partial charge in [0.2, 0.25) is 0 Å². The summed E-state index contributed by atoms with van der Waals surface area (Å²) in [5.74, 6) is -1.19. The first-order valence-corrected chi connectivity index (χ1v) is 7.84. The number of urea groups is 1. The molecule has 0 radical (unpaired) electrons. The number of imide groups is 1. The van der Waals surface area contributed by atoms with Gasteiger partial charge in [0.05, 0.1) is 0 Å². The van der Waals surface area contributed by atoms with Gasteiger partial charge < -0.3 is 10.1 Å². The quantitative estimate of drug-likeness (QED) is 0.834. The average Bonchev–Trinajstić information content (AvgIpc) is 3.00. The molecule has 0 bridgehead atoms. The van der Waals surface area contributed by atoms with Crippen LogP contribution in [0.2, 0.25) is 0 Å². The second-order valence-electron chi connectivity index (χ2n) is 4.91. The maximum atomic E-state index is 11.6. The Morgan fingerprint density at radius 2 is 2.00 bits per heavy atom.